The van der Waals surface area contributed by atoms with Crippen LogP contribution in [0.15, 0.2) is 36.0 Å². The molecule has 0 aromatic heterocycles. The zero-order valence-electron chi connectivity index (χ0n) is 32.9. The fourth-order valence-electron chi connectivity index (χ4n) is 11.1. The first-order chi connectivity index (χ1) is 23.7. The molecule has 4 nitrogen and oxygen atoms in total. The van der Waals surface area contributed by atoms with Crippen LogP contribution in [-0.2, 0) is 9.53 Å². The highest BCUT2D eigenvalue weighted by atomic mass is 17.0. The molecule has 0 aromatic carbocycles. The Morgan fingerprint density at radius 3 is 2.24 bits per heavy atom. The van der Waals surface area contributed by atoms with Crippen molar-refractivity contribution in [1.29, 1.82) is 0 Å². The van der Waals surface area contributed by atoms with Crippen LogP contribution < -0.4 is 0 Å². The molecule has 4 rings (SSSR count). The van der Waals surface area contributed by atoms with E-state index in [1.165, 1.54) is 109 Å². The van der Waals surface area contributed by atoms with Crippen molar-refractivity contribution in [2.75, 3.05) is 0 Å². The molecule has 282 valence electrons. The van der Waals surface area contributed by atoms with Gasteiger partial charge < -0.3 is 4.74 Å². The molecule has 0 radical (unpaired) electrons. The van der Waals surface area contributed by atoms with Crippen molar-refractivity contribution >= 4 is 5.97 Å². The van der Waals surface area contributed by atoms with Gasteiger partial charge in [0.2, 0.25) is 0 Å². The largest absolute Gasteiger partial charge is 0.462 e. The van der Waals surface area contributed by atoms with E-state index in [-0.39, 0.29) is 12.1 Å². The molecule has 0 aliphatic heterocycles. The quantitative estimate of drug-likeness (QED) is 0.0441. The van der Waals surface area contributed by atoms with Crippen LogP contribution in [0.2, 0.25) is 0 Å². The summed E-state index contributed by atoms with van der Waals surface area (Å²) in [4.78, 5) is 12.8. The van der Waals surface area contributed by atoms with Gasteiger partial charge in [0.15, 0.2) is 0 Å². The summed E-state index contributed by atoms with van der Waals surface area (Å²) in [7, 11) is 0. The fraction of sp³-hybridized carbons (Fsp3) is 0.844. The normalized spacial score (nSPS) is 31.5. The zero-order chi connectivity index (χ0) is 35.7. The van der Waals surface area contributed by atoms with Gasteiger partial charge in [0.05, 0.1) is 0 Å². The van der Waals surface area contributed by atoms with Gasteiger partial charge in [0.25, 0.3) is 0 Å². The third kappa shape index (κ3) is 12.1. The third-order valence-electron chi connectivity index (χ3n) is 13.9. The van der Waals surface area contributed by atoms with Crippen LogP contribution in [0, 0.1) is 46.3 Å². The molecule has 0 aromatic rings. The Hall–Kier alpha value is -1.39. The second kappa shape index (κ2) is 21.9. The molecule has 0 spiro atoms. The number of ether oxygens (including phenoxy) is 1. The standard InChI is InChI=1S/C45H76O2.H2O2/c1-7-8-9-10-11-12-13-14-15-16-17-18-19-20-21-25-43(46)47-38-30-32-44(5)37(34-38)26-27-39-41-29-28-40(36(4)24-22-23-35(2)3)45(41,6)33-31-42(39)44;1-2/h11-12,14-15,26,35-36,38-42H,7-10,13,16-25,27-34H2,1-6H3;1-2H/b12-11-,15-14-;/t36-,38?,39?,40-,41?,42?,44+,45-;/m1./s1. The molecular formula is C45H78O4. The highest BCUT2D eigenvalue weighted by Crippen LogP contribution is 2.67. The second-order valence-corrected chi connectivity index (χ2v) is 17.6. The monoisotopic (exact) mass is 683 g/mol. The number of carbonyl (C=O) groups is 1. The molecule has 0 amide bonds. The lowest BCUT2D eigenvalue weighted by molar-refractivity contribution is -0.176. The van der Waals surface area contributed by atoms with Crippen molar-refractivity contribution in [3.8, 4) is 0 Å². The molecule has 3 saturated carbocycles. The summed E-state index contributed by atoms with van der Waals surface area (Å²) in [5.74, 6) is 5.30. The minimum Gasteiger partial charge on any atom is -0.462 e. The van der Waals surface area contributed by atoms with E-state index < -0.39 is 0 Å². The van der Waals surface area contributed by atoms with Gasteiger partial charge in [-0.3, -0.25) is 15.3 Å². The van der Waals surface area contributed by atoms with Gasteiger partial charge >= 0.3 is 5.97 Å². The van der Waals surface area contributed by atoms with E-state index in [2.05, 4.69) is 71.9 Å². The van der Waals surface area contributed by atoms with Crippen LogP contribution in [0.5, 0.6) is 0 Å². The lowest BCUT2D eigenvalue weighted by atomic mass is 9.47. The number of unbranched alkanes of at least 4 members (excludes halogenated alkanes) is 8. The van der Waals surface area contributed by atoms with Gasteiger partial charge in [-0.05, 0) is 130 Å². The van der Waals surface area contributed by atoms with Crippen LogP contribution in [0.1, 0.15) is 189 Å². The maximum absolute atomic E-state index is 12.8. The number of allylic oxidation sites excluding steroid dienone is 5. The number of esters is 1. The van der Waals surface area contributed by atoms with Gasteiger partial charge in [-0.15, -0.1) is 0 Å². The van der Waals surface area contributed by atoms with E-state index >= 15 is 0 Å². The summed E-state index contributed by atoms with van der Waals surface area (Å²) in [6, 6.07) is 0. The van der Waals surface area contributed by atoms with Crippen molar-refractivity contribution < 1.29 is 20.0 Å². The summed E-state index contributed by atoms with van der Waals surface area (Å²) in [5.41, 5.74) is 2.52. The number of hydrogen-bond donors (Lipinski definition) is 2. The van der Waals surface area contributed by atoms with E-state index in [1.54, 1.807) is 5.57 Å². The third-order valence-corrected chi connectivity index (χ3v) is 13.9. The summed E-state index contributed by atoms with van der Waals surface area (Å²) < 4.78 is 6.12. The Bertz CT molecular complexity index is 1030. The Morgan fingerprint density at radius 2 is 1.53 bits per heavy atom. The van der Waals surface area contributed by atoms with E-state index in [9.17, 15) is 4.79 Å². The maximum Gasteiger partial charge on any atom is 0.306 e. The molecule has 4 aliphatic rings. The second-order valence-electron chi connectivity index (χ2n) is 17.6. The molecule has 49 heavy (non-hydrogen) atoms. The van der Waals surface area contributed by atoms with E-state index in [1.807, 2.05) is 0 Å². The van der Waals surface area contributed by atoms with Crippen molar-refractivity contribution in [1.82, 2.24) is 0 Å². The first kappa shape index (κ1) is 42.0. The van der Waals surface area contributed by atoms with Crippen molar-refractivity contribution in [2.45, 2.75) is 195 Å². The lowest BCUT2D eigenvalue weighted by Crippen LogP contribution is -2.51. The van der Waals surface area contributed by atoms with Crippen LogP contribution in [-0.4, -0.2) is 22.6 Å². The van der Waals surface area contributed by atoms with Crippen molar-refractivity contribution in [2.24, 2.45) is 46.3 Å². The molecule has 4 aliphatic carbocycles. The average molecular weight is 683 g/mol. The SMILES string of the molecule is CCCCC/C=C\C/C=C\CCCCCCCC(=O)OC1CC[C@@]2(C)C(=CCC3C2CC[C@@]2(C)C3CC[C@@H]2[C@H](C)CCCC(C)C)C1.OO. The van der Waals surface area contributed by atoms with Crippen molar-refractivity contribution in [3.05, 3.63) is 36.0 Å². The summed E-state index contributed by atoms with van der Waals surface area (Å²) in [5, 5.41) is 12.0. The predicted molar refractivity (Wildman–Crippen MR) is 208 cm³/mol. The van der Waals surface area contributed by atoms with Crippen LogP contribution in [0.25, 0.3) is 0 Å². The highest BCUT2D eigenvalue weighted by molar-refractivity contribution is 5.69. The van der Waals surface area contributed by atoms with Crippen LogP contribution in [0.3, 0.4) is 0 Å². The number of carbonyl (C=O) groups excluding carboxylic acids is 1. The van der Waals surface area contributed by atoms with E-state index in [4.69, 9.17) is 15.3 Å². The summed E-state index contributed by atoms with van der Waals surface area (Å²) in [6.07, 6.45) is 40.5. The smallest absolute Gasteiger partial charge is 0.306 e. The van der Waals surface area contributed by atoms with E-state index in [0.29, 0.717) is 17.3 Å². The Labute approximate surface area is 303 Å². The molecule has 3 fully saturated rings. The number of rotatable bonds is 20. The summed E-state index contributed by atoms with van der Waals surface area (Å²) in [6.45, 7) is 14.9. The highest BCUT2D eigenvalue weighted by Gasteiger charge is 2.59. The van der Waals surface area contributed by atoms with Gasteiger partial charge in [-0.25, -0.2) is 0 Å². The zero-order valence-corrected chi connectivity index (χ0v) is 32.9. The van der Waals surface area contributed by atoms with Gasteiger partial charge in [0.1, 0.15) is 6.10 Å². The average Bonchev–Trinajstić information content (AvgIpc) is 3.44. The molecule has 0 heterocycles. The van der Waals surface area contributed by atoms with E-state index in [0.717, 1.165) is 67.6 Å². The van der Waals surface area contributed by atoms with Gasteiger partial charge in [-0.2, -0.15) is 0 Å². The number of hydrogen-bond acceptors (Lipinski definition) is 4. The maximum atomic E-state index is 12.8. The topological polar surface area (TPSA) is 66.8 Å². The number of fused-ring (bicyclic) bond motifs is 5. The lowest BCUT2D eigenvalue weighted by Gasteiger charge is -2.58. The molecule has 0 bridgehead atoms. The molecule has 2 N–H and O–H groups in total. The minimum absolute atomic E-state index is 0.0477. The predicted octanol–water partition coefficient (Wildman–Crippen LogP) is 13.8. The van der Waals surface area contributed by atoms with Crippen LogP contribution >= 0.6 is 0 Å². The fourth-order valence-corrected chi connectivity index (χ4v) is 11.1. The molecule has 4 unspecified atom stereocenters. The first-order valence-corrected chi connectivity index (χ1v) is 21.1. The minimum atomic E-state index is 0.0477. The first-order valence-electron chi connectivity index (χ1n) is 21.1. The molecular weight excluding hydrogens is 604 g/mol. The van der Waals surface area contributed by atoms with Crippen LogP contribution in [0.4, 0.5) is 0 Å². The van der Waals surface area contributed by atoms with Crippen molar-refractivity contribution in [3.63, 3.8) is 0 Å². The molecule has 4 heteroatoms. The molecule has 0 saturated heterocycles. The Morgan fingerprint density at radius 1 is 0.837 bits per heavy atom. The Kier molecular flexibility index (Phi) is 18.7. The Balaban J connectivity index is 0.00000319. The molecule has 8 atom stereocenters. The summed E-state index contributed by atoms with van der Waals surface area (Å²) >= 11 is 0. The van der Waals surface area contributed by atoms with Gasteiger partial charge in [0, 0.05) is 12.8 Å². The van der Waals surface area contributed by atoms with Gasteiger partial charge in [-0.1, -0.05) is 129 Å².